The average Bonchev–Trinajstić information content (AvgIpc) is 2.81. The minimum absolute atomic E-state index is 0.00535. The fourth-order valence-corrected chi connectivity index (χ4v) is 2.69. The van der Waals surface area contributed by atoms with Crippen molar-refractivity contribution in [2.45, 2.75) is 5.92 Å². The van der Waals surface area contributed by atoms with Crippen LogP contribution in [0.4, 0.5) is 0 Å². The Balaban J connectivity index is 2.19. The Labute approximate surface area is 130 Å². The monoisotopic (exact) mass is 322 g/mol. The lowest BCUT2D eigenvalue weighted by molar-refractivity contribution is -0.136. The van der Waals surface area contributed by atoms with Crippen molar-refractivity contribution in [1.82, 2.24) is 0 Å². The van der Waals surface area contributed by atoms with Crippen molar-refractivity contribution in [3.63, 3.8) is 0 Å². The van der Waals surface area contributed by atoms with Gasteiger partial charge in [-0.3, -0.25) is 0 Å². The summed E-state index contributed by atoms with van der Waals surface area (Å²) in [5.74, 6) is -0.900. The largest absolute Gasteiger partial charge is 0.454 e. The van der Waals surface area contributed by atoms with Crippen LogP contribution in [0, 0.1) is 11.3 Å². The molecule has 0 unspecified atom stereocenters. The van der Waals surface area contributed by atoms with Gasteiger partial charge in [-0.25, -0.2) is 4.79 Å². The highest BCUT2D eigenvalue weighted by atomic mass is 35.5. The minimum Gasteiger partial charge on any atom is -0.454 e. The van der Waals surface area contributed by atoms with Crippen LogP contribution in [0.2, 0.25) is 10.0 Å². The molecule has 106 valence electrons. The zero-order valence-corrected chi connectivity index (χ0v) is 12.0. The molecule has 0 spiro atoms. The van der Waals surface area contributed by atoms with Crippen LogP contribution < -0.4 is 5.73 Å². The van der Waals surface area contributed by atoms with Gasteiger partial charge in [-0.1, -0.05) is 29.3 Å². The van der Waals surface area contributed by atoms with Crippen molar-refractivity contribution in [3.05, 3.63) is 56.6 Å². The number of hydrogen-bond donors (Lipinski definition) is 1. The van der Waals surface area contributed by atoms with Crippen LogP contribution in [0.15, 0.2) is 41.0 Å². The molecule has 0 amide bonds. The predicted octanol–water partition coefficient (Wildman–Crippen LogP) is 2.61. The van der Waals surface area contributed by atoms with Crippen LogP contribution in [0.3, 0.4) is 0 Å². The second-order valence-electron chi connectivity index (χ2n) is 4.51. The van der Waals surface area contributed by atoms with Gasteiger partial charge in [0.25, 0.3) is 0 Å². The SMILES string of the molecule is N#CC1=C(N)OC2=C(C(=O)OC2)[C@H]1c1ccc(Cl)c(Cl)c1. The second kappa shape index (κ2) is 4.99. The predicted molar refractivity (Wildman–Crippen MR) is 75.1 cm³/mol. The molecule has 0 saturated heterocycles. The summed E-state index contributed by atoms with van der Waals surface area (Å²) in [5.41, 5.74) is 6.81. The molecule has 0 radical (unpaired) electrons. The van der Waals surface area contributed by atoms with E-state index < -0.39 is 11.9 Å². The van der Waals surface area contributed by atoms with E-state index in [0.717, 1.165) is 0 Å². The highest BCUT2D eigenvalue weighted by Crippen LogP contribution is 2.43. The molecule has 1 atom stereocenters. The first-order valence-corrected chi connectivity index (χ1v) is 6.71. The number of rotatable bonds is 1. The molecule has 5 nitrogen and oxygen atoms in total. The smallest absolute Gasteiger partial charge is 0.339 e. The number of esters is 1. The fraction of sp³-hybridized carbons (Fsp3) is 0.143. The van der Waals surface area contributed by atoms with Crippen LogP contribution in [0.1, 0.15) is 11.5 Å². The summed E-state index contributed by atoms with van der Waals surface area (Å²) < 4.78 is 10.3. The fourth-order valence-electron chi connectivity index (χ4n) is 2.38. The summed E-state index contributed by atoms with van der Waals surface area (Å²) in [6.07, 6.45) is 0. The number of carbonyl (C=O) groups is 1. The van der Waals surface area contributed by atoms with Crippen molar-refractivity contribution in [2.24, 2.45) is 5.73 Å². The zero-order chi connectivity index (χ0) is 15.1. The Morgan fingerprint density at radius 1 is 1.33 bits per heavy atom. The third kappa shape index (κ3) is 2.13. The van der Waals surface area contributed by atoms with Crippen molar-refractivity contribution in [2.75, 3.05) is 6.61 Å². The number of nitrogens with zero attached hydrogens (tertiary/aromatic N) is 1. The molecule has 0 fully saturated rings. The lowest BCUT2D eigenvalue weighted by atomic mass is 9.83. The average molecular weight is 323 g/mol. The van der Waals surface area contributed by atoms with Gasteiger partial charge < -0.3 is 15.2 Å². The molecule has 0 aromatic heterocycles. The van der Waals surface area contributed by atoms with E-state index in [1.165, 1.54) is 0 Å². The first-order chi connectivity index (χ1) is 10.0. The number of nitrogens with two attached hydrogens (primary N) is 1. The van der Waals surface area contributed by atoms with Gasteiger partial charge in [0.1, 0.15) is 18.2 Å². The molecule has 1 aromatic rings. The number of benzene rings is 1. The van der Waals surface area contributed by atoms with Crippen molar-refractivity contribution >= 4 is 29.2 Å². The van der Waals surface area contributed by atoms with Crippen molar-refractivity contribution in [1.29, 1.82) is 5.26 Å². The third-order valence-corrected chi connectivity index (χ3v) is 4.07. The molecule has 0 aliphatic carbocycles. The van der Waals surface area contributed by atoms with Gasteiger partial charge in [0.05, 0.1) is 21.5 Å². The van der Waals surface area contributed by atoms with Crippen LogP contribution in [0.25, 0.3) is 0 Å². The van der Waals surface area contributed by atoms with E-state index >= 15 is 0 Å². The summed E-state index contributed by atoms with van der Waals surface area (Å²) in [6, 6.07) is 6.86. The molecule has 7 heteroatoms. The number of allylic oxidation sites excluding steroid dienone is 1. The van der Waals surface area contributed by atoms with Gasteiger partial charge in [-0.15, -0.1) is 0 Å². The number of nitriles is 1. The maximum atomic E-state index is 11.9. The van der Waals surface area contributed by atoms with Crippen molar-refractivity contribution in [3.8, 4) is 6.07 Å². The van der Waals surface area contributed by atoms with Gasteiger partial charge in [0.15, 0.2) is 5.76 Å². The molecule has 3 rings (SSSR count). The Hall–Kier alpha value is -2.16. The van der Waals surface area contributed by atoms with E-state index in [2.05, 4.69) is 0 Å². The number of halogens is 2. The molecule has 2 N–H and O–H groups in total. The molecular formula is C14H8Cl2N2O3. The molecule has 0 bridgehead atoms. The molecular weight excluding hydrogens is 315 g/mol. The second-order valence-corrected chi connectivity index (χ2v) is 5.33. The molecule has 2 aliphatic heterocycles. The molecule has 2 heterocycles. The van der Waals surface area contributed by atoms with Gasteiger partial charge in [0, 0.05) is 0 Å². The minimum atomic E-state index is -0.663. The first kappa shape index (κ1) is 13.8. The van der Waals surface area contributed by atoms with Crippen molar-refractivity contribution < 1.29 is 14.3 Å². The van der Waals surface area contributed by atoms with Crippen LogP contribution in [0.5, 0.6) is 0 Å². The lowest BCUT2D eigenvalue weighted by Gasteiger charge is -2.23. The Kier molecular flexibility index (Phi) is 3.28. The summed E-state index contributed by atoms with van der Waals surface area (Å²) in [5, 5.41) is 10.0. The Morgan fingerprint density at radius 2 is 2.10 bits per heavy atom. The Bertz CT molecular complexity index is 762. The van der Waals surface area contributed by atoms with Gasteiger partial charge in [-0.05, 0) is 17.7 Å². The lowest BCUT2D eigenvalue weighted by Crippen LogP contribution is -2.21. The van der Waals surface area contributed by atoms with Crippen LogP contribution >= 0.6 is 23.2 Å². The quantitative estimate of drug-likeness (QED) is 0.803. The number of cyclic esters (lactones) is 1. The summed E-state index contributed by atoms with van der Waals surface area (Å²) in [4.78, 5) is 11.9. The third-order valence-electron chi connectivity index (χ3n) is 3.33. The van der Waals surface area contributed by atoms with E-state index in [0.29, 0.717) is 21.4 Å². The standard InChI is InChI=1S/C14H8Cl2N2O3/c15-8-2-1-6(3-9(8)16)11-7(4-17)13(18)21-10-5-20-14(19)12(10)11/h1-3,11H,5,18H2/t11-/m0/s1. The van der Waals surface area contributed by atoms with Gasteiger partial charge >= 0.3 is 5.97 Å². The summed E-state index contributed by atoms with van der Waals surface area (Å²) in [7, 11) is 0. The van der Waals surface area contributed by atoms with Crippen LogP contribution in [-0.4, -0.2) is 12.6 Å². The number of ether oxygens (including phenoxy) is 2. The number of hydrogen-bond acceptors (Lipinski definition) is 5. The highest BCUT2D eigenvalue weighted by Gasteiger charge is 2.41. The summed E-state index contributed by atoms with van der Waals surface area (Å²) in [6.45, 7) is 0.00535. The van der Waals surface area contributed by atoms with E-state index in [1.54, 1.807) is 18.2 Å². The maximum Gasteiger partial charge on any atom is 0.339 e. The van der Waals surface area contributed by atoms with E-state index in [9.17, 15) is 10.1 Å². The van der Waals surface area contributed by atoms with E-state index in [1.807, 2.05) is 6.07 Å². The normalized spacial score (nSPS) is 20.8. The Morgan fingerprint density at radius 3 is 2.76 bits per heavy atom. The zero-order valence-electron chi connectivity index (χ0n) is 10.5. The molecule has 2 aliphatic rings. The van der Waals surface area contributed by atoms with Gasteiger partial charge in [0.2, 0.25) is 5.88 Å². The number of carbonyl (C=O) groups excluding carboxylic acids is 1. The van der Waals surface area contributed by atoms with Crippen LogP contribution in [-0.2, 0) is 14.3 Å². The molecule has 21 heavy (non-hydrogen) atoms. The van der Waals surface area contributed by atoms with E-state index in [4.69, 9.17) is 38.4 Å². The topological polar surface area (TPSA) is 85.3 Å². The van der Waals surface area contributed by atoms with Gasteiger partial charge in [-0.2, -0.15) is 5.26 Å². The molecule has 0 saturated carbocycles. The summed E-state index contributed by atoms with van der Waals surface area (Å²) >= 11 is 11.9. The maximum absolute atomic E-state index is 11.9. The highest BCUT2D eigenvalue weighted by molar-refractivity contribution is 6.42. The molecule has 1 aromatic carbocycles. The van der Waals surface area contributed by atoms with E-state index in [-0.39, 0.29) is 23.6 Å². The first-order valence-electron chi connectivity index (χ1n) is 5.95.